The Morgan fingerprint density at radius 2 is 2.27 bits per heavy atom. The third-order valence-corrected chi connectivity index (χ3v) is 1.07. The van der Waals surface area contributed by atoms with Crippen molar-refractivity contribution in [3.8, 4) is 6.07 Å². The molecule has 0 aliphatic rings. The average molecular weight is 155 g/mol. The van der Waals surface area contributed by atoms with Crippen molar-refractivity contribution >= 4 is 6.16 Å². The summed E-state index contributed by atoms with van der Waals surface area (Å²) in [4.78, 5) is 10.4. The molecule has 0 saturated heterocycles. The Labute approximate surface area is 65.0 Å². The summed E-state index contributed by atoms with van der Waals surface area (Å²) in [7, 11) is 1.20. The summed E-state index contributed by atoms with van der Waals surface area (Å²) in [6.07, 6.45) is -1.43. The van der Waals surface area contributed by atoms with Gasteiger partial charge in [-0.25, -0.2) is 4.79 Å². The van der Waals surface area contributed by atoms with Gasteiger partial charge in [0, 0.05) is 0 Å². The van der Waals surface area contributed by atoms with Gasteiger partial charge in [0.2, 0.25) is 0 Å². The molecule has 0 spiro atoms. The number of hydrogen-bond donors (Lipinski definition) is 0. The lowest BCUT2D eigenvalue weighted by Crippen LogP contribution is -2.15. The third kappa shape index (κ3) is 3.26. The number of hydrogen-bond acceptors (Lipinski definition) is 4. The molecule has 0 N–H and O–H groups in total. The maximum atomic E-state index is 10.4. The highest BCUT2D eigenvalue weighted by Gasteiger charge is 2.11. The van der Waals surface area contributed by atoms with Crippen LogP contribution in [-0.4, -0.2) is 19.4 Å². The predicted molar refractivity (Wildman–Crippen MR) is 37.7 cm³/mol. The van der Waals surface area contributed by atoms with E-state index >= 15 is 0 Å². The van der Waals surface area contributed by atoms with Crippen LogP contribution in [0.25, 0.3) is 0 Å². The molecule has 4 nitrogen and oxygen atoms in total. The third-order valence-electron chi connectivity index (χ3n) is 1.07. The first-order valence-corrected chi connectivity index (χ1v) is 2.95. The van der Waals surface area contributed by atoms with Gasteiger partial charge in [-0.05, 0) is 6.92 Å². The van der Waals surface area contributed by atoms with E-state index in [9.17, 15) is 4.79 Å². The maximum Gasteiger partial charge on any atom is 0.508 e. The highest BCUT2D eigenvalue weighted by atomic mass is 16.7. The SMILES string of the molecule is C=C(C#N)C(C)OC(=O)OC. The molecule has 0 aliphatic heterocycles. The summed E-state index contributed by atoms with van der Waals surface area (Å²) in [5, 5.41) is 8.31. The van der Waals surface area contributed by atoms with Gasteiger partial charge in [-0.2, -0.15) is 5.26 Å². The van der Waals surface area contributed by atoms with Crippen LogP contribution < -0.4 is 0 Å². The molecule has 0 heterocycles. The molecular formula is C7H9NO3. The van der Waals surface area contributed by atoms with E-state index in [1.807, 2.05) is 0 Å². The second-order valence-corrected chi connectivity index (χ2v) is 1.85. The van der Waals surface area contributed by atoms with Gasteiger partial charge in [-0.3, -0.25) is 0 Å². The average Bonchev–Trinajstić information content (AvgIpc) is 2.02. The molecule has 60 valence electrons. The number of carbonyl (C=O) groups is 1. The smallest absolute Gasteiger partial charge is 0.438 e. The molecule has 0 fully saturated rings. The van der Waals surface area contributed by atoms with Crippen LogP contribution in [-0.2, 0) is 9.47 Å². The van der Waals surface area contributed by atoms with Crippen molar-refractivity contribution in [3.05, 3.63) is 12.2 Å². The standard InChI is InChI=1S/C7H9NO3/c1-5(4-8)6(2)11-7(9)10-3/h6H,1H2,2-3H3. The Balaban J connectivity index is 3.89. The molecule has 0 rings (SSSR count). The van der Waals surface area contributed by atoms with Crippen molar-refractivity contribution in [2.45, 2.75) is 13.0 Å². The van der Waals surface area contributed by atoms with Crippen molar-refractivity contribution in [2.75, 3.05) is 7.11 Å². The van der Waals surface area contributed by atoms with Crippen molar-refractivity contribution in [1.29, 1.82) is 5.26 Å². The minimum Gasteiger partial charge on any atom is -0.438 e. The fourth-order valence-electron chi connectivity index (χ4n) is 0.354. The van der Waals surface area contributed by atoms with Gasteiger partial charge < -0.3 is 9.47 Å². The second-order valence-electron chi connectivity index (χ2n) is 1.85. The van der Waals surface area contributed by atoms with Crippen LogP contribution in [0.1, 0.15) is 6.92 Å². The van der Waals surface area contributed by atoms with Gasteiger partial charge in [-0.15, -0.1) is 0 Å². The molecule has 0 amide bonds. The lowest BCUT2D eigenvalue weighted by molar-refractivity contribution is 0.0559. The van der Waals surface area contributed by atoms with Gasteiger partial charge in [-0.1, -0.05) is 6.58 Å². The fraction of sp³-hybridized carbons (Fsp3) is 0.429. The Hall–Kier alpha value is -1.50. The predicted octanol–water partition coefficient (Wildman–Crippen LogP) is 1.24. The Bertz CT molecular complexity index is 204. The van der Waals surface area contributed by atoms with E-state index in [4.69, 9.17) is 5.26 Å². The first-order chi connectivity index (χ1) is 5.11. The summed E-state index contributed by atoms with van der Waals surface area (Å²) in [6, 6.07) is 1.77. The molecule has 0 radical (unpaired) electrons. The van der Waals surface area contributed by atoms with Crippen LogP contribution in [0.15, 0.2) is 12.2 Å². The van der Waals surface area contributed by atoms with Crippen LogP contribution in [0.4, 0.5) is 4.79 Å². The summed E-state index contributed by atoms with van der Waals surface area (Å²) < 4.78 is 8.77. The Morgan fingerprint density at radius 3 is 2.64 bits per heavy atom. The normalized spacial score (nSPS) is 11.0. The first-order valence-electron chi connectivity index (χ1n) is 2.95. The van der Waals surface area contributed by atoms with Crippen LogP contribution in [0.3, 0.4) is 0 Å². The number of carbonyl (C=O) groups excluding carboxylic acids is 1. The zero-order chi connectivity index (χ0) is 8.85. The van der Waals surface area contributed by atoms with E-state index in [0.29, 0.717) is 0 Å². The second kappa shape index (κ2) is 4.34. The molecular weight excluding hydrogens is 146 g/mol. The zero-order valence-corrected chi connectivity index (χ0v) is 6.46. The van der Waals surface area contributed by atoms with E-state index in [-0.39, 0.29) is 5.57 Å². The first kappa shape index (κ1) is 9.50. The number of nitriles is 1. The molecule has 0 saturated carbocycles. The van der Waals surface area contributed by atoms with Gasteiger partial charge >= 0.3 is 6.16 Å². The Morgan fingerprint density at radius 1 is 1.73 bits per heavy atom. The Kier molecular flexibility index (Phi) is 3.75. The van der Waals surface area contributed by atoms with Crippen molar-refractivity contribution in [2.24, 2.45) is 0 Å². The molecule has 4 heteroatoms. The van der Waals surface area contributed by atoms with Crippen LogP contribution in [0.2, 0.25) is 0 Å². The molecule has 0 bridgehead atoms. The van der Waals surface area contributed by atoms with E-state index < -0.39 is 12.3 Å². The molecule has 11 heavy (non-hydrogen) atoms. The lowest BCUT2D eigenvalue weighted by Gasteiger charge is -2.08. The van der Waals surface area contributed by atoms with Crippen molar-refractivity contribution in [1.82, 2.24) is 0 Å². The monoisotopic (exact) mass is 155 g/mol. The molecule has 0 aliphatic carbocycles. The quantitative estimate of drug-likeness (QED) is 0.444. The summed E-state index contributed by atoms with van der Waals surface area (Å²) in [5.41, 5.74) is 0.190. The van der Waals surface area contributed by atoms with Gasteiger partial charge in [0.25, 0.3) is 0 Å². The van der Waals surface area contributed by atoms with E-state index in [0.717, 1.165) is 0 Å². The van der Waals surface area contributed by atoms with E-state index in [1.54, 1.807) is 13.0 Å². The number of ether oxygens (including phenoxy) is 2. The topological polar surface area (TPSA) is 59.3 Å². The molecule has 0 aromatic carbocycles. The minimum atomic E-state index is -0.811. The highest BCUT2D eigenvalue weighted by Crippen LogP contribution is 2.02. The maximum absolute atomic E-state index is 10.4. The molecule has 0 aromatic heterocycles. The lowest BCUT2D eigenvalue weighted by atomic mass is 10.2. The summed E-state index contributed by atoms with van der Waals surface area (Å²) in [6.45, 7) is 4.91. The molecule has 0 aromatic rings. The van der Waals surface area contributed by atoms with Crippen LogP contribution in [0, 0.1) is 11.3 Å². The zero-order valence-electron chi connectivity index (χ0n) is 6.46. The molecule has 1 atom stereocenters. The fourth-order valence-corrected chi connectivity index (χ4v) is 0.354. The number of methoxy groups -OCH3 is 1. The highest BCUT2D eigenvalue weighted by molar-refractivity contribution is 5.60. The minimum absolute atomic E-state index is 0.190. The number of nitrogens with zero attached hydrogens (tertiary/aromatic N) is 1. The van der Waals surface area contributed by atoms with E-state index in [1.165, 1.54) is 7.11 Å². The van der Waals surface area contributed by atoms with E-state index in [2.05, 4.69) is 16.1 Å². The summed E-state index contributed by atoms with van der Waals surface area (Å²) in [5.74, 6) is 0. The van der Waals surface area contributed by atoms with Gasteiger partial charge in [0.1, 0.15) is 6.10 Å². The molecule has 1 unspecified atom stereocenters. The largest absolute Gasteiger partial charge is 0.508 e. The van der Waals surface area contributed by atoms with Gasteiger partial charge in [0.15, 0.2) is 0 Å². The number of rotatable bonds is 2. The summed E-state index contributed by atoms with van der Waals surface area (Å²) >= 11 is 0. The van der Waals surface area contributed by atoms with Gasteiger partial charge in [0.05, 0.1) is 18.8 Å². The van der Waals surface area contributed by atoms with Crippen LogP contribution >= 0.6 is 0 Å². The van der Waals surface area contributed by atoms with Crippen molar-refractivity contribution < 1.29 is 14.3 Å². The van der Waals surface area contributed by atoms with Crippen LogP contribution in [0.5, 0.6) is 0 Å². The van der Waals surface area contributed by atoms with Crippen molar-refractivity contribution in [3.63, 3.8) is 0 Å².